The number of rotatable bonds is 3. The number of carbonyl (C=O) groups excluding carboxylic acids is 1. The summed E-state index contributed by atoms with van der Waals surface area (Å²) in [6.45, 7) is 0.264. The zero-order valence-electron chi connectivity index (χ0n) is 12.0. The van der Waals surface area contributed by atoms with Crippen LogP contribution in [0.15, 0.2) is 24.3 Å². The number of nitrogens with one attached hydrogen (secondary N) is 1. The monoisotopic (exact) mass is 307 g/mol. The molecule has 0 saturated carbocycles. The molecule has 4 nitrogen and oxygen atoms in total. The van der Waals surface area contributed by atoms with Crippen molar-refractivity contribution < 1.29 is 13.2 Å². The first kappa shape index (κ1) is 14.6. The number of sulfone groups is 1. The van der Waals surface area contributed by atoms with Gasteiger partial charge in [-0.1, -0.05) is 24.3 Å². The molecule has 0 aromatic heterocycles. The van der Waals surface area contributed by atoms with Crippen molar-refractivity contribution in [1.29, 1.82) is 0 Å². The summed E-state index contributed by atoms with van der Waals surface area (Å²) in [7, 11) is -2.99. The van der Waals surface area contributed by atoms with Gasteiger partial charge in [-0.25, -0.2) is 8.42 Å². The average molecular weight is 307 g/mol. The Hall–Kier alpha value is -1.36. The summed E-state index contributed by atoms with van der Waals surface area (Å²) in [6, 6.07) is 8.07. The van der Waals surface area contributed by atoms with Crippen LogP contribution in [0, 0.1) is 0 Å². The molecule has 114 valence electrons. The largest absolute Gasteiger partial charge is 0.354 e. The number of hydrogen-bond donors (Lipinski definition) is 1. The zero-order valence-corrected chi connectivity index (χ0v) is 12.9. The number of benzene rings is 1. The quantitative estimate of drug-likeness (QED) is 0.926. The summed E-state index contributed by atoms with van der Waals surface area (Å²) >= 11 is 0. The van der Waals surface area contributed by atoms with Gasteiger partial charge in [0.1, 0.15) is 0 Å². The highest BCUT2D eigenvalue weighted by atomic mass is 32.2. The maximum absolute atomic E-state index is 12.4. The van der Waals surface area contributed by atoms with Crippen LogP contribution in [0.25, 0.3) is 0 Å². The number of fused-ring (bicyclic) bond motifs is 1. The second-order valence-electron chi connectivity index (χ2n) is 6.02. The summed E-state index contributed by atoms with van der Waals surface area (Å²) in [6.07, 6.45) is 4.27. The Kier molecular flexibility index (Phi) is 4.02. The number of aryl methyl sites for hydroxylation is 1. The number of hydrogen-bond acceptors (Lipinski definition) is 3. The van der Waals surface area contributed by atoms with Crippen LogP contribution in [0.4, 0.5) is 0 Å². The van der Waals surface area contributed by atoms with E-state index in [1.165, 1.54) is 5.56 Å². The van der Waals surface area contributed by atoms with E-state index in [9.17, 15) is 13.2 Å². The van der Waals surface area contributed by atoms with Gasteiger partial charge in [-0.05, 0) is 43.2 Å². The highest BCUT2D eigenvalue weighted by molar-refractivity contribution is 7.92. The molecule has 0 radical (unpaired) electrons. The molecule has 1 heterocycles. The van der Waals surface area contributed by atoms with Gasteiger partial charge in [-0.15, -0.1) is 0 Å². The molecule has 0 spiro atoms. The molecular formula is C16H21NO3S. The molecule has 1 N–H and O–H groups in total. The van der Waals surface area contributed by atoms with Crippen LogP contribution in [0.2, 0.25) is 0 Å². The van der Waals surface area contributed by atoms with Crippen LogP contribution >= 0.6 is 0 Å². The first-order valence-corrected chi connectivity index (χ1v) is 9.36. The van der Waals surface area contributed by atoms with Crippen molar-refractivity contribution in [2.75, 3.05) is 12.3 Å². The molecule has 1 aliphatic carbocycles. The Bertz CT molecular complexity index is 639. The lowest BCUT2D eigenvalue weighted by Crippen LogP contribution is -2.38. The third kappa shape index (κ3) is 2.98. The molecule has 1 fully saturated rings. The van der Waals surface area contributed by atoms with Gasteiger partial charge in [0.2, 0.25) is 5.91 Å². The van der Waals surface area contributed by atoms with Gasteiger partial charge in [0.05, 0.1) is 16.9 Å². The Morgan fingerprint density at radius 3 is 2.76 bits per heavy atom. The summed E-state index contributed by atoms with van der Waals surface area (Å²) in [5.41, 5.74) is 2.35. The number of carbonyl (C=O) groups is 1. The predicted molar refractivity (Wildman–Crippen MR) is 81.9 cm³/mol. The fraction of sp³-hybridized carbons (Fsp3) is 0.562. The molecular weight excluding hydrogens is 286 g/mol. The zero-order chi connectivity index (χ0) is 14.9. The van der Waals surface area contributed by atoms with Crippen LogP contribution in [-0.2, 0) is 21.1 Å². The van der Waals surface area contributed by atoms with Gasteiger partial charge in [0.15, 0.2) is 9.84 Å². The minimum atomic E-state index is -2.99. The molecule has 1 aromatic rings. The van der Waals surface area contributed by atoms with E-state index in [-0.39, 0.29) is 29.4 Å². The Balaban J connectivity index is 1.67. The summed E-state index contributed by atoms with van der Waals surface area (Å²) in [5.74, 6) is 0.114. The molecule has 2 aliphatic rings. The van der Waals surface area contributed by atoms with Crippen molar-refractivity contribution in [2.45, 2.75) is 43.3 Å². The van der Waals surface area contributed by atoms with Crippen LogP contribution in [0.5, 0.6) is 0 Å². The van der Waals surface area contributed by atoms with Crippen LogP contribution in [0.1, 0.15) is 42.7 Å². The molecule has 21 heavy (non-hydrogen) atoms. The Labute approximate surface area is 125 Å². The van der Waals surface area contributed by atoms with Gasteiger partial charge in [0, 0.05) is 6.54 Å². The smallest absolute Gasteiger partial charge is 0.227 e. The Morgan fingerprint density at radius 2 is 2.00 bits per heavy atom. The van der Waals surface area contributed by atoms with Gasteiger partial charge >= 0.3 is 0 Å². The van der Waals surface area contributed by atoms with Crippen LogP contribution < -0.4 is 5.32 Å². The highest BCUT2D eigenvalue weighted by Gasteiger charge is 2.32. The summed E-state index contributed by atoms with van der Waals surface area (Å²) in [5, 5.41) is 2.48. The summed E-state index contributed by atoms with van der Waals surface area (Å²) in [4.78, 5) is 12.4. The number of amides is 1. The van der Waals surface area contributed by atoms with Crippen molar-refractivity contribution in [3.05, 3.63) is 35.4 Å². The first-order chi connectivity index (χ1) is 10.1. The predicted octanol–water partition coefficient (Wildman–Crippen LogP) is 1.80. The first-order valence-electron chi connectivity index (χ1n) is 7.65. The van der Waals surface area contributed by atoms with E-state index in [1.807, 2.05) is 18.2 Å². The van der Waals surface area contributed by atoms with Crippen molar-refractivity contribution in [3.63, 3.8) is 0 Å². The molecule has 1 aliphatic heterocycles. The lowest BCUT2D eigenvalue weighted by molar-refractivity contribution is -0.122. The van der Waals surface area contributed by atoms with Crippen molar-refractivity contribution >= 4 is 15.7 Å². The average Bonchev–Trinajstić information content (AvgIpc) is 2.83. The minimum Gasteiger partial charge on any atom is -0.354 e. The van der Waals surface area contributed by atoms with Gasteiger partial charge in [-0.3, -0.25) is 4.79 Å². The van der Waals surface area contributed by atoms with Crippen molar-refractivity contribution in [3.8, 4) is 0 Å². The fourth-order valence-electron chi connectivity index (χ4n) is 3.45. The highest BCUT2D eigenvalue weighted by Crippen LogP contribution is 2.31. The van der Waals surface area contributed by atoms with E-state index in [2.05, 4.69) is 11.4 Å². The molecule has 3 rings (SSSR count). The summed E-state index contributed by atoms with van der Waals surface area (Å²) < 4.78 is 23.6. The van der Waals surface area contributed by atoms with Gasteiger partial charge in [0.25, 0.3) is 0 Å². The third-order valence-electron chi connectivity index (χ3n) is 4.65. The van der Waals surface area contributed by atoms with E-state index < -0.39 is 9.84 Å². The van der Waals surface area contributed by atoms with Gasteiger partial charge < -0.3 is 5.32 Å². The fourth-order valence-corrected chi connectivity index (χ4v) is 5.22. The molecule has 2 atom stereocenters. The van der Waals surface area contributed by atoms with Crippen molar-refractivity contribution in [1.82, 2.24) is 5.32 Å². The maximum atomic E-state index is 12.4. The van der Waals surface area contributed by atoms with Gasteiger partial charge in [-0.2, -0.15) is 0 Å². The van der Waals surface area contributed by atoms with E-state index in [1.54, 1.807) is 0 Å². The van der Waals surface area contributed by atoms with Crippen molar-refractivity contribution in [2.24, 2.45) is 0 Å². The standard InChI is InChI=1S/C16H21NO3S/c18-16(17-11-13-7-4-10-21(13,19)20)15-9-3-6-12-5-1-2-8-14(12)15/h1-2,5,8,13,15H,3-4,6-7,9-11H2,(H,17,18). The molecule has 0 bridgehead atoms. The van der Waals surface area contributed by atoms with Crippen LogP contribution in [0.3, 0.4) is 0 Å². The second kappa shape index (κ2) is 5.79. The second-order valence-corrected chi connectivity index (χ2v) is 8.42. The third-order valence-corrected chi connectivity index (χ3v) is 6.93. The topological polar surface area (TPSA) is 63.2 Å². The molecule has 1 saturated heterocycles. The minimum absolute atomic E-state index is 0.0238. The van der Waals surface area contributed by atoms with E-state index in [0.717, 1.165) is 31.2 Å². The normalized spacial score (nSPS) is 27.0. The van der Waals surface area contributed by atoms with Crippen LogP contribution in [-0.4, -0.2) is 31.9 Å². The molecule has 1 aromatic carbocycles. The molecule has 1 amide bonds. The maximum Gasteiger partial charge on any atom is 0.227 e. The van der Waals surface area contributed by atoms with E-state index >= 15 is 0 Å². The Morgan fingerprint density at radius 1 is 1.19 bits per heavy atom. The molecule has 5 heteroatoms. The van der Waals surface area contributed by atoms with E-state index in [4.69, 9.17) is 0 Å². The van der Waals surface area contributed by atoms with E-state index in [0.29, 0.717) is 6.42 Å². The lowest BCUT2D eigenvalue weighted by Gasteiger charge is -2.25. The molecule has 2 unspecified atom stereocenters. The lowest BCUT2D eigenvalue weighted by atomic mass is 9.82. The SMILES string of the molecule is O=C(NCC1CCCS1(=O)=O)C1CCCc2ccccc21.